The van der Waals surface area contributed by atoms with Crippen molar-refractivity contribution < 1.29 is 19.1 Å². The molecule has 1 aromatic rings. The number of esters is 1. The third-order valence-electron chi connectivity index (χ3n) is 4.13. The Morgan fingerprint density at radius 2 is 2.14 bits per heavy atom. The number of nitrogens with one attached hydrogen (secondary N) is 1. The van der Waals surface area contributed by atoms with E-state index in [0.29, 0.717) is 25.2 Å². The molecule has 1 amide bonds. The van der Waals surface area contributed by atoms with Crippen molar-refractivity contribution in [2.24, 2.45) is 5.73 Å². The van der Waals surface area contributed by atoms with Gasteiger partial charge in [-0.15, -0.1) is 0 Å². The van der Waals surface area contributed by atoms with E-state index >= 15 is 0 Å². The molecule has 1 fully saturated rings. The number of alkyl carbamates (subject to hydrolysis) is 1. The van der Waals surface area contributed by atoms with E-state index in [1.54, 1.807) is 27.7 Å². The number of nitriles is 1. The highest BCUT2D eigenvalue weighted by Crippen LogP contribution is 2.30. The van der Waals surface area contributed by atoms with Crippen molar-refractivity contribution in [3.05, 3.63) is 23.5 Å². The van der Waals surface area contributed by atoms with Crippen molar-refractivity contribution in [1.82, 2.24) is 10.3 Å². The Kier molecular flexibility index (Phi) is 6.14. The lowest BCUT2D eigenvalue weighted by Gasteiger charge is -2.29. The number of anilines is 1. The Balaban J connectivity index is 2.23. The lowest BCUT2D eigenvalue weighted by molar-refractivity contribution is 0.0354. The third-order valence-corrected chi connectivity index (χ3v) is 4.13. The molecule has 2 rings (SSSR count). The summed E-state index contributed by atoms with van der Waals surface area (Å²) in [6.07, 6.45) is 0.683. The number of hydrogen-bond acceptors (Lipinski definition) is 8. The van der Waals surface area contributed by atoms with Crippen LogP contribution in [0.25, 0.3) is 0 Å². The second-order valence-corrected chi connectivity index (χ2v) is 8.17. The van der Waals surface area contributed by atoms with Gasteiger partial charge in [-0.25, -0.2) is 14.6 Å². The number of pyridine rings is 1. The maximum absolute atomic E-state index is 12.4. The third kappa shape index (κ3) is 5.57. The van der Waals surface area contributed by atoms with Gasteiger partial charge in [0.15, 0.2) is 0 Å². The molecular formula is C19H27N5O4. The number of nitrogens with two attached hydrogens (primary N) is 1. The number of amides is 1. The van der Waals surface area contributed by atoms with Gasteiger partial charge < -0.3 is 19.7 Å². The van der Waals surface area contributed by atoms with Gasteiger partial charge >= 0.3 is 12.1 Å². The minimum atomic E-state index is -0.770. The van der Waals surface area contributed by atoms with Crippen molar-refractivity contribution in [1.29, 1.82) is 5.26 Å². The SMILES string of the molecule is C[C@@H](N)OC(=O)c1cnc(C#N)cc1N1CC[C@](C)(NC(=O)OC(C)(C)C)C1. The first-order valence-corrected chi connectivity index (χ1v) is 9.05. The van der Waals surface area contributed by atoms with Gasteiger partial charge in [-0.1, -0.05) is 0 Å². The fourth-order valence-corrected chi connectivity index (χ4v) is 2.98. The van der Waals surface area contributed by atoms with Gasteiger partial charge in [0.2, 0.25) is 0 Å². The minimum Gasteiger partial charge on any atom is -0.444 e. The quantitative estimate of drug-likeness (QED) is 0.590. The van der Waals surface area contributed by atoms with Crippen LogP contribution in [-0.2, 0) is 9.47 Å². The second kappa shape index (κ2) is 8.02. The summed E-state index contributed by atoms with van der Waals surface area (Å²) >= 11 is 0. The van der Waals surface area contributed by atoms with Gasteiger partial charge in [0.05, 0.1) is 11.2 Å². The number of nitrogens with zero attached hydrogens (tertiary/aromatic N) is 3. The molecule has 3 N–H and O–H groups in total. The lowest BCUT2D eigenvalue weighted by Crippen LogP contribution is -2.49. The molecule has 0 aliphatic carbocycles. The average Bonchev–Trinajstić information content (AvgIpc) is 2.93. The van der Waals surface area contributed by atoms with Crippen molar-refractivity contribution in [3.63, 3.8) is 0 Å². The molecular weight excluding hydrogens is 362 g/mol. The van der Waals surface area contributed by atoms with Crippen LogP contribution in [0.5, 0.6) is 0 Å². The van der Waals surface area contributed by atoms with Crippen molar-refractivity contribution in [2.75, 3.05) is 18.0 Å². The monoisotopic (exact) mass is 389 g/mol. The highest BCUT2D eigenvalue weighted by Gasteiger charge is 2.38. The Labute approximate surface area is 164 Å². The summed E-state index contributed by atoms with van der Waals surface area (Å²) in [4.78, 5) is 30.4. The molecule has 0 bridgehead atoms. The van der Waals surface area contributed by atoms with Crippen LogP contribution in [-0.4, -0.2) is 47.5 Å². The van der Waals surface area contributed by atoms with E-state index in [2.05, 4.69) is 10.3 Å². The van der Waals surface area contributed by atoms with Gasteiger partial charge in [0, 0.05) is 19.3 Å². The maximum Gasteiger partial charge on any atom is 0.408 e. The first-order chi connectivity index (χ1) is 12.9. The maximum atomic E-state index is 12.4. The molecule has 9 heteroatoms. The van der Waals surface area contributed by atoms with E-state index in [-0.39, 0.29) is 11.3 Å². The molecule has 2 atom stereocenters. The zero-order valence-corrected chi connectivity index (χ0v) is 16.9. The molecule has 1 aliphatic heterocycles. The molecule has 28 heavy (non-hydrogen) atoms. The fraction of sp³-hybridized carbons (Fsp3) is 0.579. The van der Waals surface area contributed by atoms with E-state index in [1.807, 2.05) is 17.9 Å². The standard InChI is InChI=1S/C19H27N5O4/c1-12(21)27-16(25)14-10-22-13(9-20)8-15(14)24-7-6-19(5,11-24)23-17(26)28-18(2,3)4/h8,10,12H,6-7,11,21H2,1-5H3,(H,23,26)/t12-,19-/m0/s1. The molecule has 2 heterocycles. The number of carbonyl (C=O) groups is 2. The van der Waals surface area contributed by atoms with Crippen LogP contribution in [0.4, 0.5) is 10.5 Å². The van der Waals surface area contributed by atoms with E-state index in [0.717, 1.165) is 0 Å². The molecule has 0 spiro atoms. The molecule has 1 aliphatic rings. The Morgan fingerprint density at radius 1 is 1.46 bits per heavy atom. The summed E-state index contributed by atoms with van der Waals surface area (Å²) in [5, 5.41) is 12.1. The highest BCUT2D eigenvalue weighted by molar-refractivity contribution is 5.96. The van der Waals surface area contributed by atoms with Crippen molar-refractivity contribution >= 4 is 17.7 Å². The molecule has 1 saturated heterocycles. The van der Waals surface area contributed by atoms with Crippen LogP contribution in [0.3, 0.4) is 0 Å². The van der Waals surface area contributed by atoms with Gasteiger partial charge in [-0.2, -0.15) is 5.26 Å². The number of ether oxygens (including phenoxy) is 2. The zero-order valence-electron chi connectivity index (χ0n) is 16.9. The van der Waals surface area contributed by atoms with Crippen LogP contribution in [0.15, 0.2) is 12.3 Å². The molecule has 1 aromatic heterocycles. The van der Waals surface area contributed by atoms with E-state index in [4.69, 9.17) is 20.5 Å². The van der Waals surface area contributed by atoms with Crippen LogP contribution in [0.1, 0.15) is 57.1 Å². The fourth-order valence-electron chi connectivity index (χ4n) is 2.98. The molecule has 152 valence electrons. The summed E-state index contributed by atoms with van der Waals surface area (Å²) in [6.45, 7) is 9.85. The zero-order chi connectivity index (χ0) is 21.1. The van der Waals surface area contributed by atoms with Crippen LogP contribution in [0, 0.1) is 11.3 Å². The summed E-state index contributed by atoms with van der Waals surface area (Å²) < 4.78 is 10.4. The smallest absolute Gasteiger partial charge is 0.408 e. The predicted octanol–water partition coefficient (Wildman–Crippen LogP) is 1.91. The van der Waals surface area contributed by atoms with Crippen LogP contribution >= 0.6 is 0 Å². The summed E-state index contributed by atoms with van der Waals surface area (Å²) in [6, 6.07) is 3.51. The van der Waals surface area contributed by atoms with Gasteiger partial charge in [-0.05, 0) is 47.1 Å². The summed E-state index contributed by atoms with van der Waals surface area (Å²) in [7, 11) is 0. The Hall–Kier alpha value is -2.86. The summed E-state index contributed by atoms with van der Waals surface area (Å²) in [5.41, 5.74) is 5.32. The first kappa shape index (κ1) is 21.4. The van der Waals surface area contributed by atoms with Crippen molar-refractivity contribution in [2.45, 2.75) is 58.4 Å². The van der Waals surface area contributed by atoms with E-state index in [9.17, 15) is 9.59 Å². The van der Waals surface area contributed by atoms with E-state index < -0.39 is 29.4 Å². The number of rotatable bonds is 4. The largest absolute Gasteiger partial charge is 0.444 e. The highest BCUT2D eigenvalue weighted by atomic mass is 16.6. The van der Waals surface area contributed by atoms with Crippen LogP contribution in [0.2, 0.25) is 0 Å². The lowest BCUT2D eigenvalue weighted by atomic mass is 10.0. The molecule has 0 unspecified atom stereocenters. The molecule has 9 nitrogen and oxygen atoms in total. The molecule has 0 aromatic carbocycles. The normalized spacial score (nSPS) is 20.2. The summed E-state index contributed by atoms with van der Waals surface area (Å²) in [5.74, 6) is -0.615. The van der Waals surface area contributed by atoms with E-state index in [1.165, 1.54) is 12.3 Å². The Morgan fingerprint density at radius 3 is 2.71 bits per heavy atom. The van der Waals surface area contributed by atoms with Crippen molar-refractivity contribution in [3.8, 4) is 6.07 Å². The number of carbonyl (C=O) groups excluding carboxylic acids is 2. The molecule has 0 saturated carbocycles. The topological polar surface area (TPSA) is 131 Å². The minimum absolute atomic E-state index is 0.182. The predicted molar refractivity (Wildman–Crippen MR) is 103 cm³/mol. The molecule has 0 radical (unpaired) electrons. The van der Waals surface area contributed by atoms with Gasteiger partial charge in [0.25, 0.3) is 0 Å². The average molecular weight is 389 g/mol. The number of hydrogen-bond donors (Lipinski definition) is 2. The van der Waals surface area contributed by atoms with Gasteiger partial charge in [-0.3, -0.25) is 5.73 Å². The van der Waals surface area contributed by atoms with Gasteiger partial charge in [0.1, 0.15) is 29.2 Å². The first-order valence-electron chi connectivity index (χ1n) is 9.05. The number of aromatic nitrogens is 1. The van der Waals surface area contributed by atoms with Crippen LogP contribution < -0.4 is 16.0 Å². The second-order valence-electron chi connectivity index (χ2n) is 8.17. The Bertz CT molecular complexity index is 796.